The van der Waals surface area contributed by atoms with Crippen LogP contribution in [0.5, 0.6) is 0 Å². The number of rotatable bonds is 8. The second kappa shape index (κ2) is 11.9. The van der Waals surface area contributed by atoms with Crippen LogP contribution >= 0.6 is 43.2 Å². The van der Waals surface area contributed by atoms with Crippen molar-refractivity contribution in [1.82, 2.24) is 4.31 Å². The van der Waals surface area contributed by atoms with E-state index in [0.717, 1.165) is 24.4 Å². The molecule has 0 saturated carbocycles. The molecule has 0 aliphatic rings. The topological polar surface area (TPSA) is 74.8 Å². The third kappa shape index (κ3) is 6.26. The largest absolute Gasteiger partial charge is 0.300 e. The fraction of sp³-hybridized carbons (Fsp3) is 0.143. The van der Waals surface area contributed by atoms with Crippen LogP contribution in [-0.4, -0.2) is 31.6 Å². The molecule has 0 spiro atoms. The zero-order valence-electron chi connectivity index (χ0n) is 20.5. The summed E-state index contributed by atoms with van der Waals surface area (Å²) in [5.74, 6) is -0.953. The van der Waals surface area contributed by atoms with Gasteiger partial charge in [-0.1, -0.05) is 67.8 Å². The first-order chi connectivity index (χ1) is 18.1. The molecule has 2 amide bonds. The van der Waals surface area contributed by atoms with Gasteiger partial charge in [0.15, 0.2) is 0 Å². The second-order valence-corrected chi connectivity index (χ2v) is 13.2. The zero-order valence-corrected chi connectivity index (χ0v) is 25.3. The Bertz CT molecular complexity index is 1520. The van der Waals surface area contributed by atoms with Crippen LogP contribution in [0.4, 0.5) is 5.69 Å². The zero-order chi connectivity index (χ0) is 27.4. The Hall–Kier alpha value is -2.79. The third-order valence-electron chi connectivity index (χ3n) is 6.00. The lowest BCUT2D eigenvalue weighted by Gasteiger charge is -2.33. The number of hydrogen-bond donors (Lipinski definition) is 0. The summed E-state index contributed by atoms with van der Waals surface area (Å²) in [6, 6.07) is 21.6. The number of carbonyl (C=O) groups is 2. The van der Waals surface area contributed by atoms with Gasteiger partial charge in [0.2, 0.25) is 5.91 Å². The quantitative estimate of drug-likeness (QED) is 0.198. The van der Waals surface area contributed by atoms with Crippen LogP contribution in [0.2, 0.25) is 0 Å². The van der Waals surface area contributed by atoms with E-state index in [0.29, 0.717) is 11.3 Å². The average Bonchev–Trinajstić information content (AvgIpc) is 3.43. The first-order valence-electron chi connectivity index (χ1n) is 11.5. The van der Waals surface area contributed by atoms with Crippen molar-refractivity contribution in [3.05, 3.63) is 115 Å². The van der Waals surface area contributed by atoms with Crippen molar-refractivity contribution in [2.24, 2.45) is 0 Å². The van der Waals surface area contributed by atoms with Crippen molar-refractivity contribution >= 4 is 70.7 Å². The highest BCUT2D eigenvalue weighted by atomic mass is 79.9. The number of anilines is 1. The molecule has 3 aromatic carbocycles. The number of hydrogen-bond acceptors (Lipinski definition) is 5. The van der Waals surface area contributed by atoms with Crippen molar-refractivity contribution in [3.63, 3.8) is 0 Å². The van der Waals surface area contributed by atoms with E-state index in [1.807, 2.05) is 35.9 Å². The Balaban J connectivity index is 1.77. The van der Waals surface area contributed by atoms with E-state index >= 15 is 0 Å². The van der Waals surface area contributed by atoms with Crippen LogP contribution in [0, 0.1) is 6.92 Å². The molecule has 4 rings (SSSR count). The van der Waals surface area contributed by atoms with E-state index in [1.54, 1.807) is 53.4 Å². The van der Waals surface area contributed by atoms with Gasteiger partial charge in [-0.05, 0) is 71.8 Å². The Kier molecular flexibility index (Phi) is 8.87. The molecule has 0 fully saturated rings. The van der Waals surface area contributed by atoms with Crippen molar-refractivity contribution in [3.8, 4) is 0 Å². The highest BCUT2D eigenvalue weighted by Crippen LogP contribution is 2.36. The number of thiophene rings is 1. The summed E-state index contributed by atoms with van der Waals surface area (Å²) in [7, 11) is -2.83. The van der Waals surface area contributed by atoms with Crippen LogP contribution in [0.3, 0.4) is 0 Å². The molecule has 1 aromatic heterocycles. The maximum atomic E-state index is 14.0. The van der Waals surface area contributed by atoms with Gasteiger partial charge in [-0.2, -0.15) is 11.3 Å². The summed E-state index contributed by atoms with van der Waals surface area (Å²) in [6.45, 7) is 1.86. The van der Waals surface area contributed by atoms with E-state index in [-0.39, 0.29) is 17.2 Å². The van der Waals surface area contributed by atoms with E-state index in [1.165, 1.54) is 30.5 Å². The van der Waals surface area contributed by atoms with E-state index in [9.17, 15) is 18.0 Å². The minimum Gasteiger partial charge on any atom is -0.300 e. The van der Waals surface area contributed by atoms with E-state index in [4.69, 9.17) is 0 Å². The predicted molar refractivity (Wildman–Crippen MR) is 158 cm³/mol. The fourth-order valence-corrected chi connectivity index (χ4v) is 7.07. The molecule has 0 bridgehead atoms. The van der Waals surface area contributed by atoms with Crippen molar-refractivity contribution < 1.29 is 18.0 Å². The number of benzene rings is 3. The smallest absolute Gasteiger partial charge is 0.266 e. The van der Waals surface area contributed by atoms with E-state index in [2.05, 4.69) is 31.9 Å². The molecule has 0 unspecified atom stereocenters. The molecule has 10 heteroatoms. The van der Waals surface area contributed by atoms with Crippen LogP contribution < -0.4 is 4.90 Å². The number of aryl methyl sites for hydroxylation is 1. The maximum Gasteiger partial charge on any atom is 0.266 e. The number of amides is 2. The minimum absolute atomic E-state index is 0.0270. The van der Waals surface area contributed by atoms with Gasteiger partial charge in [0.25, 0.3) is 15.9 Å². The third-order valence-corrected chi connectivity index (χ3v) is 9.41. The summed E-state index contributed by atoms with van der Waals surface area (Å²) in [5, 5.41) is 3.73. The van der Waals surface area contributed by atoms with Gasteiger partial charge < -0.3 is 4.90 Å². The molecule has 38 heavy (non-hydrogen) atoms. The van der Waals surface area contributed by atoms with Crippen LogP contribution in [0.15, 0.2) is 103 Å². The lowest BCUT2D eigenvalue weighted by molar-refractivity contribution is -0.126. The monoisotopic (exact) mass is 674 g/mol. The number of carbonyl (C=O) groups excluding carboxylic acids is 2. The summed E-state index contributed by atoms with van der Waals surface area (Å²) in [5.41, 5.74) is 2.63. The van der Waals surface area contributed by atoms with E-state index < -0.39 is 22.0 Å². The predicted octanol–water partition coefficient (Wildman–Crippen LogP) is 7.21. The molecule has 1 heterocycles. The fourth-order valence-electron chi connectivity index (χ4n) is 3.96. The number of sulfonamides is 1. The van der Waals surface area contributed by atoms with Gasteiger partial charge in [-0.15, -0.1) is 0 Å². The van der Waals surface area contributed by atoms with Gasteiger partial charge in [-0.3, -0.25) is 9.59 Å². The molecule has 0 radical (unpaired) electrons. The van der Waals surface area contributed by atoms with Crippen molar-refractivity contribution in [1.29, 1.82) is 0 Å². The van der Waals surface area contributed by atoms with Gasteiger partial charge in [0.1, 0.15) is 0 Å². The van der Waals surface area contributed by atoms with Crippen LogP contribution in [0.25, 0.3) is 0 Å². The average molecular weight is 676 g/mol. The highest BCUT2D eigenvalue weighted by Gasteiger charge is 2.34. The molecule has 196 valence electrons. The van der Waals surface area contributed by atoms with Crippen molar-refractivity contribution in [2.75, 3.05) is 11.9 Å². The maximum absolute atomic E-state index is 14.0. The molecular weight excluding hydrogens is 652 g/mol. The molecule has 1 atom stereocenters. The number of halogens is 2. The lowest BCUT2D eigenvalue weighted by Crippen LogP contribution is -2.40. The first-order valence-corrected chi connectivity index (χ1v) is 15.5. The van der Waals surface area contributed by atoms with Gasteiger partial charge in [-0.25, -0.2) is 12.7 Å². The van der Waals surface area contributed by atoms with Gasteiger partial charge in [0.05, 0.1) is 17.4 Å². The summed E-state index contributed by atoms with van der Waals surface area (Å²) in [6.07, 6.45) is -0.249. The van der Waals surface area contributed by atoms with Gasteiger partial charge in [0, 0.05) is 27.2 Å². The molecular formula is C28H24Br2N2O4S2. The standard InChI is InChI=1S/C28H24Br2N2O4S2/c1-19-8-10-25(11-9-19)38(35,36)31(2)27(33)17-26(21-12-13-37-18-21)32(24-15-22(29)14-23(30)16-24)28(34)20-6-4-3-5-7-20/h3-16,18,26H,17H2,1-2H3/t26-/m1/s1. The molecule has 0 saturated heterocycles. The lowest BCUT2D eigenvalue weighted by atomic mass is 10.0. The van der Waals surface area contributed by atoms with Gasteiger partial charge >= 0.3 is 0 Å². The molecule has 4 aromatic rings. The first kappa shape index (κ1) is 28.2. The SMILES string of the molecule is Cc1ccc(S(=O)(=O)N(C)C(=O)C[C@H](c2ccsc2)N(C(=O)c2ccccc2)c2cc(Br)cc(Br)c2)cc1. The Morgan fingerprint density at radius 2 is 1.55 bits per heavy atom. The normalized spacial score (nSPS) is 12.1. The minimum atomic E-state index is -4.08. The summed E-state index contributed by atoms with van der Waals surface area (Å²) >= 11 is 8.42. The van der Waals surface area contributed by atoms with Crippen LogP contribution in [-0.2, 0) is 14.8 Å². The van der Waals surface area contributed by atoms with Crippen LogP contribution in [0.1, 0.15) is 33.9 Å². The second-order valence-electron chi connectivity index (χ2n) is 8.62. The highest BCUT2D eigenvalue weighted by molar-refractivity contribution is 9.11. The molecule has 6 nitrogen and oxygen atoms in total. The molecule has 0 aliphatic carbocycles. The molecule has 0 N–H and O–H groups in total. The number of nitrogens with zero attached hydrogens (tertiary/aromatic N) is 2. The molecule has 0 aliphatic heterocycles. The van der Waals surface area contributed by atoms with Crippen molar-refractivity contribution in [2.45, 2.75) is 24.3 Å². The Labute approximate surface area is 243 Å². The Morgan fingerprint density at radius 1 is 0.921 bits per heavy atom. The summed E-state index contributed by atoms with van der Waals surface area (Å²) in [4.78, 5) is 29.1. The summed E-state index contributed by atoms with van der Waals surface area (Å²) < 4.78 is 28.7. The Morgan fingerprint density at radius 3 is 2.13 bits per heavy atom.